The summed E-state index contributed by atoms with van der Waals surface area (Å²) >= 11 is 0. The molecule has 3 aromatic rings. The average molecular weight is 518 g/mol. The summed E-state index contributed by atoms with van der Waals surface area (Å²) in [7, 11) is 2.07. The van der Waals surface area contributed by atoms with Crippen LogP contribution < -0.4 is 0 Å². The number of aliphatic hydroxyl groups is 1. The van der Waals surface area contributed by atoms with Crippen LogP contribution in [0.3, 0.4) is 0 Å². The van der Waals surface area contributed by atoms with Crippen molar-refractivity contribution in [3.63, 3.8) is 0 Å². The first kappa shape index (κ1) is 26.5. The van der Waals surface area contributed by atoms with E-state index in [4.69, 9.17) is 9.51 Å². The Morgan fingerprint density at radius 1 is 1.11 bits per heavy atom. The Hall–Kier alpha value is -3.10. The highest BCUT2D eigenvalue weighted by atomic mass is 16.5. The van der Waals surface area contributed by atoms with Gasteiger partial charge < -0.3 is 19.4 Å². The zero-order chi connectivity index (χ0) is 27.3. The van der Waals surface area contributed by atoms with Gasteiger partial charge >= 0.3 is 0 Å². The number of rotatable bonds is 6. The molecular formula is C30H39N5O3. The molecular weight excluding hydrogens is 478 g/mol. The van der Waals surface area contributed by atoms with Crippen molar-refractivity contribution < 1.29 is 14.4 Å². The second kappa shape index (κ2) is 9.58. The molecule has 0 bridgehead atoms. The van der Waals surface area contributed by atoms with E-state index in [0.717, 1.165) is 38.0 Å². The second-order valence-electron chi connectivity index (χ2n) is 12.2. The van der Waals surface area contributed by atoms with Gasteiger partial charge in [0, 0.05) is 62.0 Å². The maximum absolute atomic E-state index is 12.5. The lowest BCUT2D eigenvalue weighted by molar-refractivity contribution is -0.131. The van der Waals surface area contributed by atoms with Crippen LogP contribution >= 0.6 is 0 Å². The Kier molecular flexibility index (Phi) is 6.68. The molecule has 1 N–H and O–H groups in total. The van der Waals surface area contributed by atoms with Crippen molar-refractivity contribution in [2.75, 3.05) is 33.2 Å². The predicted molar refractivity (Wildman–Crippen MR) is 146 cm³/mol. The third-order valence-corrected chi connectivity index (χ3v) is 8.60. The Morgan fingerprint density at radius 2 is 1.82 bits per heavy atom. The number of amides is 1. The van der Waals surface area contributed by atoms with Gasteiger partial charge in [0.2, 0.25) is 17.6 Å². The summed E-state index contributed by atoms with van der Waals surface area (Å²) in [4.78, 5) is 25.3. The van der Waals surface area contributed by atoms with Crippen LogP contribution in [-0.4, -0.2) is 69.2 Å². The highest BCUT2D eigenvalue weighted by molar-refractivity contribution is 5.73. The lowest BCUT2D eigenvalue weighted by Crippen LogP contribution is -2.63. The Balaban J connectivity index is 1.51. The molecule has 2 aliphatic heterocycles. The number of hydrogen-bond acceptors (Lipinski definition) is 7. The molecule has 1 amide bonds. The third-order valence-electron chi connectivity index (χ3n) is 8.60. The summed E-state index contributed by atoms with van der Waals surface area (Å²) in [5.74, 6) is 1.43. The van der Waals surface area contributed by atoms with Crippen molar-refractivity contribution in [3.05, 3.63) is 65.3 Å². The minimum atomic E-state index is -1.25. The van der Waals surface area contributed by atoms with Crippen LogP contribution in [-0.2, 0) is 15.8 Å². The van der Waals surface area contributed by atoms with E-state index < -0.39 is 16.4 Å². The van der Waals surface area contributed by atoms with Crippen molar-refractivity contribution in [2.45, 2.75) is 64.4 Å². The Bertz CT molecular complexity index is 1310. The molecule has 2 fully saturated rings. The van der Waals surface area contributed by atoms with Gasteiger partial charge in [-0.1, -0.05) is 50.2 Å². The highest BCUT2D eigenvalue weighted by Crippen LogP contribution is 2.50. The zero-order valence-corrected chi connectivity index (χ0v) is 23.4. The Morgan fingerprint density at radius 3 is 2.45 bits per heavy atom. The van der Waals surface area contributed by atoms with Crippen molar-refractivity contribution in [3.8, 4) is 11.4 Å². The molecule has 0 radical (unpaired) electrons. The van der Waals surface area contributed by atoms with Gasteiger partial charge in [-0.15, -0.1) is 0 Å². The van der Waals surface area contributed by atoms with Gasteiger partial charge in [-0.2, -0.15) is 4.98 Å². The molecule has 0 aliphatic carbocycles. The van der Waals surface area contributed by atoms with Crippen molar-refractivity contribution in [1.29, 1.82) is 0 Å². The van der Waals surface area contributed by atoms with Gasteiger partial charge in [-0.25, -0.2) is 0 Å². The van der Waals surface area contributed by atoms with Crippen molar-refractivity contribution in [2.24, 2.45) is 5.41 Å². The van der Waals surface area contributed by atoms with E-state index in [1.54, 1.807) is 19.3 Å². The predicted octanol–water partition coefficient (Wildman–Crippen LogP) is 4.34. The summed E-state index contributed by atoms with van der Waals surface area (Å²) < 4.78 is 5.75. The van der Waals surface area contributed by atoms with Crippen LogP contribution in [0.4, 0.5) is 0 Å². The monoisotopic (exact) mass is 517 g/mol. The fourth-order valence-electron chi connectivity index (χ4n) is 6.38. The zero-order valence-electron chi connectivity index (χ0n) is 23.4. The first-order valence-electron chi connectivity index (χ1n) is 13.5. The molecule has 2 aliphatic rings. The summed E-state index contributed by atoms with van der Waals surface area (Å²) in [6.07, 6.45) is 5.22. The molecule has 2 atom stereocenters. The topological polar surface area (TPSA) is 95.6 Å². The number of pyridine rings is 1. The number of carbonyl (C=O) groups is 1. The maximum atomic E-state index is 12.5. The minimum Gasteiger partial charge on any atom is -0.380 e. The van der Waals surface area contributed by atoms with Gasteiger partial charge in [0.15, 0.2) is 0 Å². The smallest absolute Gasteiger partial charge is 0.234 e. The van der Waals surface area contributed by atoms with Crippen molar-refractivity contribution in [1.82, 2.24) is 24.9 Å². The molecule has 5 rings (SSSR count). The van der Waals surface area contributed by atoms with E-state index in [1.807, 2.05) is 23.1 Å². The van der Waals surface area contributed by atoms with E-state index in [9.17, 15) is 9.90 Å². The summed E-state index contributed by atoms with van der Waals surface area (Å²) in [6, 6.07) is 10.2. The molecule has 202 valence electrons. The number of benzene rings is 1. The number of aromatic nitrogens is 3. The highest BCUT2D eigenvalue weighted by Gasteiger charge is 2.55. The van der Waals surface area contributed by atoms with Gasteiger partial charge in [-0.3, -0.25) is 9.78 Å². The molecule has 2 saturated heterocycles. The third kappa shape index (κ3) is 4.43. The molecule has 2 unspecified atom stereocenters. The van der Waals surface area contributed by atoms with Gasteiger partial charge in [0.05, 0.1) is 5.41 Å². The lowest BCUT2D eigenvalue weighted by Gasteiger charge is -2.55. The lowest BCUT2D eigenvalue weighted by atomic mass is 9.62. The Labute approximate surface area is 225 Å². The molecule has 4 heterocycles. The van der Waals surface area contributed by atoms with Crippen LogP contribution in [0, 0.1) is 5.41 Å². The molecule has 2 aromatic heterocycles. The maximum Gasteiger partial charge on any atom is 0.234 e. The largest absolute Gasteiger partial charge is 0.380 e. The number of nitrogens with zero attached hydrogens (tertiary/aromatic N) is 5. The van der Waals surface area contributed by atoms with Gasteiger partial charge in [0.25, 0.3) is 0 Å². The van der Waals surface area contributed by atoms with E-state index in [0.29, 0.717) is 35.3 Å². The van der Waals surface area contributed by atoms with Crippen LogP contribution in [0.1, 0.15) is 76.0 Å². The summed E-state index contributed by atoms with van der Waals surface area (Å²) in [5.41, 5.74) is 1.44. The summed E-state index contributed by atoms with van der Waals surface area (Å²) in [5, 5.41) is 16.8. The van der Waals surface area contributed by atoms with Crippen LogP contribution in [0.25, 0.3) is 11.4 Å². The fraction of sp³-hybridized carbons (Fsp3) is 0.533. The molecule has 8 nitrogen and oxygen atoms in total. The average Bonchev–Trinajstić information content (AvgIpc) is 3.39. The fourth-order valence-corrected chi connectivity index (χ4v) is 6.38. The first-order chi connectivity index (χ1) is 17.9. The quantitative estimate of drug-likeness (QED) is 0.520. The number of likely N-dealkylation sites (tertiary alicyclic amines) is 2. The summed E-state index contributed by atoms with van der Waals surface area (Å²) in [6.45, 7) is 13.0. The SMILES string of the molecule is CC(=O)N1CCCC(C)(c2nc(-c3cncc(C(O)(c4ccc(C(C)C)cc4)C4(C)CN(C)C4)c3)no2)C1. The number of piperidine rings is 1. The van der Waals surface area contributed by atoms with Gasteiger partial charge in [0.1, 0.15) is 5.60 Å². The van der Waals surface area contributed by atoms with Crippen molar-refractivity contribution >= 4 is 5.91 Å². The normalized spacial score (nSPS) is 23.2. The van der Waals surface area contributed by atoms with E-state index in [1.165, 1.54) is 5.56 Å². The minimum absolute atomic E-state index is 0.0587. The van der Waals surface area contributed by atoms with Gasteiger partial charge in [-0.05, 0) is 49.9 Å². The van der Waals surface area contributed by atoms with Crippen LogP contribution in [0.15, 0.2) is 47.2 Å². The number of hydrogen-bond donors (Lipinski definition) is 1. The van der Waals surface area contributed by atoms with E-state index in [2.05, 4.69) is 61.9 Å². The van der Waals surface area contributed by atoms with E-state index >= 15 is 0 Å². The standard InChI is InChI=1S/C30H39N5O3/c1-20(2)22-8-10-24(11-9-22)30(37,29(5)18-34(6)19-29)25-14-23(15-31-16-25)26-32-27(38-33-26)28(4)12-7-13-35(17-28)21(3)36/h8-11,14-16,20,37H,7,12-13,17-19H2,1-6H3. The first-order valence-corrected chi connectivity index (χ1v) is 13.5. The number of carbonyl (C=O) groups excluding carboxylic acids is 1. The molecule has 1 aromatic carbocycles. The van der Waals surface area contributed by atoms with Crippen LogP contribution in [0.5, 0.6) is 0 Å². The molecule has 8 heteroatoms. The molecule has 38 heavy (non-hydrogen) atoms. The molecule has 0 spiro atoms. The van der Waals surface area contributed by atoms with Crippen LogP contribution in [0.2, 0.25) is 0 Å². The second-order valence-corrected chi connectivity index (χ2v) is 12.2. The van der Waals surface area contributed by atoms with E-state index in [-0.39, 0.29) is 5.91 Å². The molecule has 0 saturated carbocycles.